The minimum Gasteiger partial charge on any atom is -0.467 e. The summed E-state index contributed by atoms with van der Waals surface area (Å²) in [6.07, 6.45) is 0.759. The molecular weight excluding hydrogens is 334 g/mol. The first-order valence-electron chi connectivity index (χ1n) is 8.07. The molecule has 3 aromatic rings. The quantitative estimate of drug-likeness (QED) is 0.471. The average Bonchev–Trinajstić information content (AvgIpc) is 2.64. The average molecular weight is 354 g/mol. The number of para-hydroxylation sites is 1. The predicted octanol–water partition coefficient (Wildman–Crippen LogP) is 4.03. The maximum Gasteiger partial charge on any atom is 0.188 e. The van der Waals surface area contributed by atoms with E-state index in [9.17, 15) is 4.39 Å². The fourth-order valence-electron chi connectivity index (χ4n) is 2.63. The van der Waals surface area contributed by atoms with E-state index >= 15 is 0 Å². The molecule has 1 unspecified atom stereocenters. The molecule has 0 saturated carbocycles. The van der Waals surface area contributed by atoms with Crippen molar-refractivity contribution in [1.82, 2.24) is 0 Å². The SMILES string of the molecule is COCOc1c(Cc2ccccc2)cccc1Pc1ccccc1F. The summed E-state index contributed by atoms with van der Waals surface area (Å²) in [4.78, 5) is 0. The molecule has 0 aliphatic heterocycles. The van der Waals surface area contributed by atoms with Gasteiger partial charge in [0.15, 0.2) is 6.79 Å². The third-order valence-corrected chi connectivity index (χ3v) is 5.14. The molecule has 0 amide bonds. The zero-order valence-electron chi connectivity index (χ0n) is 14.0. The molecule has 0 aromatic heterocycles. The van der Waals surface area contributed by atoms with Crippen LogP contribution in [0.1, 0.15) is 11.1 Å². The summed E-state index contributed by atoms with van der Waals surface area (Å²) in [7, 11) is 1.78. The number of rotatable bonds is 7. The van der Waals surface area contributed by atoms with Gasteiger partial charge >= 0.3 is 0 Å². The van der Waals surface area contributed by atoms with Gasteiger partial charge in [-0.2, -0.15) is 0 Å². The Morgan fingerprint density at radius 1 is 0.840 bits per heavy atom. The van der Waals surface area contributed by atoms with Crippen LogP contribution in [0.15, 0.2) is 72.8 Å². The first-order chi connectivity index (χ1) is 12.3. The molecule has 2 nitrogen and oxygen atoms in total. The summed E-state index contributed by atoms with van der Waals surface area (Å²) in [5.74, 6) is 0.599. The van der Waals surface area contributed by atoms with Crippen molar-refractivity contribution in [3.8, 4) is 5.75 Å². The van der Waals surface area contributed by atoms with Crippen LogP contribution in [0.5, 0.6) is 5.75 Å². The maximum absolute atomic E-state index is 14.0. The summed E-state index contributed by atoms with van der Waals surface area (Å²) in [6.45, 7) is 0.167. The van der Waals surface area contributed by atoms with E-state index in [1.54, 1.807) is 13.2 Å². The van der Waals surface area contributed by atoms with Gasteiger partial charge < -0.3 is 9.47 Å². The Bertz CT molecular complexity index is 821. The van der Waals surface area contributed by atoms with E-state index in [4.69, 9.17) is 9.47 Å². The highest BCUT2D eigenvalue weighted by Gasteiger charge is 2.13. The smallest absolute Gasteiger partial charge is 0.188 e. The zero-order valence-corrected chi connectivity index (χ0v) is 15.0. The standard InChI is InChI=1S/C21H20FO2P/c1-23-15-24-21-17(14-16-8-3-2-4-9-16)10-7-13-20(21)25-19-12-6-5-11-18(19)22/h2-13,25H,14-15H2,1H3. The number of hydrogen-bond donors (Lipinski definition) is 0. The molecule has 3 rings (SSSR count). The molecule has 128 valence electrons. The van der Waals surface area contributed by atoms with E-state index < -0.39 is 0 Å². The highest BCUT2D eigenvalue weighted by atomic mass is 31.1. The molecule has 0 radical (unpaired) electrons. The normalized spacial score (nSPS) is 11.1. The second-order valence-electron chi connectivity index (χ2n) is 5.61. The first-order valence-corrected chi connectivity index (χ1v) is 9.07. The molecule has 0 aliphatic carbocycles. The van der Waals surface area contributed by atoms with E-state index in [1.165, 1.54) is 11.6 Å². The van der Waals surface area contributed by atoms with E-state index in [-0.39, 0.29) is 21.2 Å². The van der Waals surface area contributed by atoms with E-state index in [0.717, 1.165) is 23.0 Å². The fraction of sp³-hybridized carbons (Fsp3) is 0.143. The lowest BCUT2D eigenvalue weighted by Gasteiger charge is -2.16. The second kappa shape index (κ2) is 8.75. The molecule has 0 N–H and O–H groups in total. The second-order valence-corrected chi connectivity index (χ2v) is 6.94. The minimum absolute atomic E-state index is 0.167. The van der Waals surface area contributed by atoms with Gasteiger partial charge in [0.1, 0.15) is 11.6 Å². The lowest BCUT2D eigenvalue weighted by molar-refractivity contribution is 0.0513. The number of ether oxygens (including phenoxy) is 2. The Kier molecular flexibility index (Phi) is 6.16. The van der Waals surface area contributed by atoms with Gasteiger partial charge in [-0.1, -0.05) is 75.3 Å². The van der Waals surface area contributed by atoms with Crippen LogP contribution >= 0.6 is 8.58 Å². The van der Waals surface area contributed by atoms with Gasteiger partial charge in [0.2, 0.25) is 0 Å². The van der Waals surface area contributed by atoms with Crippen molar-refractivity contribution in [1.29, 1.82) is 0 Å². The van der Waals surface area contributed by atoms with Crippen molar-refractivity contribution in [2.45, 2.75) is 6.42 Å². The van der Waals surface area contributed by atoms with Crippen LogP contribution in [-0.4, -0.2) is 13.9 Å². The van der Waals surface area contributed by atoms with Crippen LogP contribution < -0.4 is 15.3 Å². The highest BCUT2D eigenvalue weighted by molar-refractivity contribution is 7.55. The third-order valence-electron chi connectivity index (χ3n) is 3.80. The predicted molar refractivity (Wildman–Crippen MR) is 102 cm³/mol. The molecule has 0 spiro atoms. The van der Waals surface area contributed by atoms with Gasteiger partial charge in [0.25, 0.3) is 0 Å². The van der Waals surface area contributed by atoms with Gasteiger partial charge in [-0.15, -0.1) is 0 Å². The van der Waals surface area contributed by atoms with Crippen LogP contribution in [0.4, 0.5) is 4.39 Å². The monoisotopic (exact) mass is 354 g/mol. The Balaban J connectivity index is 1.94. The molecule has 0 saturated heterocycles. The Morgan fingerprint density at radius 2 is 1.56 bits per heavy atom. The fourth-order valence-corrected chi connectivity index (χ4v) is 3.83. The lowest BCUT2D eigenvalue weighted by Crippen LogP contribution is -2.14. The van der Waals surface area contributed by atoms with E-state index in [2.05, 4.69) is 12.1 Å². The molecule has 4 heteroatoms. The van der Waals surface area contributed by atoms with Crippen molar-refractivity contribution in [3.05, 3.63) is 89.7 Å². The summed E-state index contributed by atoms with van der Waals surface area (Å²) in [5, 5.41) is 1.66. The molecule has 3 aromatic carbocycles. The summed E-state index contributed by atoms with van der Waals surface area (Å²) in [6, 6.07) is 23.1. The summed E-state index contributed by atoms with van der Waals surface area (Å²) in [5.41, 5.74) is 2.28. The van der Waals surface area contributed by atoms with Crippen LogP contribution in [0.2, 0.25) is 0 Å². The number of methoxy groups -OCH3 is 1. The van der Waals surface area contributed by atoms with Crippen LogP contribution in [-0.2, 0) is 11.2 Å². The van der Waals surface area contributed by atoms with Crippen LogP contribution in [0.25, 0.3) is 0 Å². The zero-order chi connectivity index (χ0) is 17.5. The van der Waals surface area contributed by atoms with Crippen molar-refractivity contribution < 1.29 is 13.9 Å². The molecule has 25 heavy (non-hydrogen) atoms. The molecule has 0 bridgehead atoms. The molecule has 0 heterocycles. The third kappa shape index (κ3) is 4.66. The van der Waals surface area contributed by atoms with Crippen LogP contribution in [0.3, 0.4) is 0 Å². The van der Waals surface area contributed by atoms with Crippen molar-refractivity contribution in [3.63, 3.8) is 0 Å². The Morgan fingerprint density at radius 3 is 2.32 bits per heavy atom. The van der Waals surface area contributed by atoms with Crippen molar-refractivity contribution in [2.75, 3.05) is 13.9 Å². The molecular formula is C21H20FO2P. The van der Waals surface area contributed by atoms with Gasteiger partial charge in [0, 0.05) is 24.1 Å². The van der Waals surface area contributed by atoms with Gasteiger partial charge in [-0.05, 0) is 17.2 Å². The molecule has 1 atom stereocenters. The maximum atomic E-state index is 14.0. The number of hydrogen-bond acceptors (Lipinski definition) is 2. The van der Waals surface area contributed by atoms with Crippen molar-refractivity contribution >= 4 is 19.2 Å². The van der Waals surface area contributed by atoms with Crippen LogP contribution in [0, 0.1) is 5.82 Å². The summed E-state index contributed by atoms with van der Waals surface area (Å²) < 4.78 is 25.0. The lowest BCUT2D eigenvalue weighted by atomic mass is 10.0. The van der Waals surface area contributed by atoms with Gasteiger partial charge in [-0.3, -0.25) is 0 Å². The van der Waals surface area contributed by atoms with Crippen molar-refractivity contribution in [2.24, 2.45) is 0 Å². The molecule has 0 fully saturated rings. The largest absolute Gasteiger partial charge is 0.467 e. The number of halogens is 1. The number of benzene rings is 3. The van der Waals surface area contributed by atoms with Gasteiger partial charge in [0.05, 0.1) is 0 Å². The Labute approximate surface area is 149 Å². The Hall–Kier alpha value is -2.22. The molecule has 0 aliphatic rings. The van der Waals surface area contributed by atoms with Gasteiger partial charge in [-0.25, -0.2) is 4.39 Å². The van der Waals surface area contributed by atoms with E-state index in [0.29, 0.717) is 5.30 Å². The minimum atomic E-state index is -0.188. The highest BCUT2D eigenvalue weighted by Crippen LogP contribution is 2.26. The topological polar surface area (TPSA) is 18.5 Å². The summed E-state index contributed by atoms with van der Waals surface area (Å²) >= 11 is 0. The first kappa shape index (κ1) is 17.6. The van der Waals surface area contributed by atoms with E-state index in [1.807, 2.05) is 48.5 Å².